The van der Waals surface area contributed by atoms with Gasteiger partial charge in [-0.3, -0.25) is 9.59 Å². The topological polar surface area (TPSA) is 95.7 Å². The molecular formula is C22H25Cl2N3O3. The van der Waals surface area contributed by atoms with Crippen LogP contribution < -0.4 is 11.1 Å². The van der Waals surface area contributed by atoms with Crippen molar-refractivity contribution in [3.63, 3.8) is 0 Å². The van der Waals surface area contributed by atoms with Gasteiger partial charge in [-0.2, -0.15) is 0 Å². The molecule has 160 valence electrons. The highest BCUT2D eigenvalue weighted by Crippen LogP contribution is 2.33. The summed E-state index contributed by atoms with van der Waals surface area (Å²) in [6.07, 6.45) is -0.208. The summed E-state index contributed by atoms with van der Waals surface area (Å²) in [5.74, 6) is -0.799. The van der Waals surface area contributed by atoms with Crippen LogP contribution in [0.1, 0.15) is 42.6 Å². The van der Waals surface area contributed by atoms with E-state index in [1.807, 2.05) is 6.07 Å². The van der Waals surface area contributed by atoms with Crippen LogP contribution >= 0.6 is 23.2 Å². The second kappa shape index (κ2) is 9.35. The van der Waals surface area contributed by atoms with E-state index in [1.165, 1.54) is 4.90 Å². The summed E-state index contributed by atoms with van der Waals surface area (Å²) in [5.41, 5.74) is 6.83. The molecule has 0 aliphatic carbocycles. The number of nitrogens with zero attached hydrogens (tertiary/aromatic N) is 1. The highest BCUT2D eigenvalue weighted by atomic mass is 35.5. The van der Waals surface area contributed by atoms with Gasteiger partial charge in [0.05, 0.1) is 0 Å². The summed E-state index contributed by atoms with van der Waals surface area (Å²) in [7, 11) is 0. The van der Waals surface area contributed by atoms with Crippen LogP contribution in [0.15, 0.2) is 42.5 Å². The number of benzene rings is 2. The summed E-state index contributed by atoms with van der Waals surface area (Å²) in [6, 6.07) is 11.9. The summed E-state index contributed by atoms with van der Waals surface area (Å²) in [5, 5.41) is 14.5. The Morgan fingerprint density at radius 2 is 1.93 bits per heavy atom. The lowest BCUT2D eigenvalue weighted by Gasteiger charge is -2.35. The number of likely N-dealkylation sites (tertiary alicyclic amines) is 1. The minimum Gasteiger partial charge on any atom is -0.378 e. The van der Waals surface area contributed by atoms with Crippen molar-refractivity contribution in [3.05, 3.63) is 69.2 Å². The number of carbonyl (C=O) groups excluding carboxylic acids is 2. The molecule has 0 saturated carbocycles. The van der Waals surface area contributed by atoms with Crippen LogP contribution in [0, 0.1) is 0 Å². The van der Waals surface area contributed by atoms with Gasteiger partial charge in [0.25, 0.3) is 5.91 Å². The van der Waals surface area contributed by atoms with Crippen LogP contribution in [0.2, 0.25) is 10.0 Å². The smallest absolute Gasteiger partial charge is 0.256 e. The van der Waals surface area contributed by atoms with Gasteiger partial charge in [-0.05, 0) is 60.7 Å². The van der Waals surface area contributed by atoms with Gasteiger partial charge in [0.2, 0.25) is 5.91 Å². The number of rotatable bonds is 6. The predicted octanol–water partition coefficient (Wildman–Crippen LogP) is 3.18. The number of nitrogens with one attached hydrogen (secondary N) is 1. The van der Waals surface area contributed by atoms with Crippen molar-refractivity contribution >= 4 is 35.0 Å². The van der Waals surface area contributed by atoms with Crippen LogP contribution in [0.4, 0.5) is 0 Å². The van der Waals surface area contributed by atoms with E-state index in [2.05, 4.69) is 5.32 Å². The molecular weight excluding hydrogens is 425 g/mol. The van der Waals surface area contributed by atoms with Crippen molar-refractivity contribution in [1.82, 2.24) is 10.2 Å². The van der Waals surface area contributed by atoms with Crippen molar-refractivity contribution in [2.75, 3.05) is 6.54 Å². The van der Waals surface area contributed by atoms with Crippen LogP contribution in [-0.2, 0) is 22.7 Å². The average molecular weight is 450 g/mol. The molecule has 0 aromatic heterocycles. The van der Waals surface area contributed by atoms with Crippen LogP contribution in [0.25, 0.3) is 0 Å². The fourth-order valence-corrected chi connectivity index (χ4v) is 4.24. The molecule has 1 aliphatic heterocycles. The minimum atomic E-state index is -1.38. The average Bonchev–Trinajstić information content (AvgIpc) is 3.13. The summed E-state index contributed by atoms with van der Waals surface area (Å²) < 4.78 is 0. The molecule has 1 aliphatic rings. The van der Waals surface area contributed by atoms with Gasteiger partial charge in [0.15, 0.2) is 6.10 Å². The van der Waals surface area contributed by atoms with Crippen molar-refractivity contribution in [2.45, 2.75) is 44.5 Å². The van der Waals surface area contributed by atoms with Crippen molar-refractivity contribution < 1.29 is 14.7 Å². The first-order valence-corrected chi connectivity index (χ1v) is 10.5. The second-order valence-corrected chi connectivity index (χ2v) is 8.50. The lowest BCUT2D eigenvalue weighted by atomic mass is 9.96. The maximum absolute atomic E-state index is 13.1. The molecule has 2 aromatic rings. The Bertz CT molecular complexity index is 953. The molecule has 30 heavy (non-hydrogen) atoms. The fraction of sp³-hybridized carbons (Fsp3) is 0.364. The van der Waals surface area contributed by atoms with Crippen molar-refractivity contribution in [3.8, 4) is 0 Å². The first-order chi connectivity index (χ1) is 14.3. The highest BCUT2D eigenvalue weighted by Gasteiger charge is 2.47. The summed E-state index contributed by atoms with van der Waals surface area (Å²) in [4.78, 5) is 27.6. The van der Waals surface area contributed by atoms with Gasteiger partial charge in [-0.1, -0.05) is 41.4 Å². The van der Waals surface area contributed by atoms with Crippen LogP contribution in [-0.4, -0.2) is 33.9 Å². The van der Waals surface area contributed by atoms with Crippen LogP contribution in [0.3, 0.4) is 0 Å². The lowest BCUT2D eigenvalue weighted by molar-refractivity contribution is -0.150. The Morgan fingerprint density at radius 3 is 2.63 bits per heavy atom. The minimum absolute atomic E-state index is 0.250. The third kappa shape index (κ3) is 4.62. The number of hydrogen-bond donors (Lipinski definition) is 3. The first kappa shape index (κ1) is 22.6. The standard InChI is InChI=1S/C22H25Cl2N3O3/c1-22(21(30)26-13-16-11-18(24)7-6-15(16)12-25)8-3-9-27(22)20(29)19(28)14-4-2-5-17(23)10-14/h2,4-7,10-11,19,28H,3,8-9,12-13,25H2,1H3,(H,26,30)/t19-,22-/m0/s1. The quantitative estimate of drug-likeness (QED) is 0.630. The molecule has 4 N–H and O–H groups in total. The van der Waals surface area contributed by atoms with E-state index in [0.29, 0.717) is 41.5 Å². The molecule has 1 fully saturated rings. The lowest BCUT2D eigenvalue weighted by Crippen LogP contribution is -2.56. The SMILES string of the molecule is C[C@@]1(C(=O)NCc2cc(Cl)ccc2CN)CCCN1C(=O)[C@@H](O)c1cccc(Cl)c1. The van der Waals surface area contributed by atoms with Gasteiger partial charge >= 0.3 is 0 Å². The maximum atomic E-state index is 13.1. The molecule has 0 unspecified atom stereocenters. The monoisotopic (exact) mass is 449 g/mol. The molecule has 6 nitrogen and oxygen atoms in total. The van der Waals surface area contributed by atoms with Gasteiger partial charge in [0.1, 0.15) is 5.54 Å². The Kier molecular flexibility index (Phi) is 7.03. The highest BCUT2D eigenvalue weighted by molar-refractivity contribution is 6.31. The number of carbonyl (C=O) groups is 2. The van der Waals surface area contributed by atoms with E-state index in [0.717, 1.165) is 11.1 Å². The molecule has 0 bridgehead atoms. The number of hydrogen-bond acceptors (Lipinski definition) is 4. The molecule has 2 amide bonds. The Morgan fingerprint density at radius 1 is 1.20 bits per heavy atom. The maximum Gasteiger partial charge on any atom is 0.256 e. The second-order valence-electron chi connectivity index (χ2n) is 7.62. The Hall–Kier alpha value is -2.12. The van der Waals surface area contributed by atoms with Gasteiger partial charge in [-0.15, -0.1) is 0 Å². The normalized spacial score (nSPS) is 19.6. The Labute approximate surface area is 186 Å². The van der Waals surface area contributed by atoms with Gasteiger partial charge in [-0.25, -0.2) is 0 Å². The Balaban J connectivity index is 1.74. The number of aliphatic hydroxyl groups is 1. The molecule has 0 spiro atoms. The first-order valence-electron chi connectivity index (χ1n) is 9.77. The number of aliphatic hydroxyl groups excluding tert-OH is 1. The predicted molar refractivity (Wildman–Crippen MR) is 117 cm³/mol. The van der Waals surface area contributed by atoms with E-state index >= 15 is 0 Å². The van der Waals surface area contributed by atoms with Crippen molar-refractivity contribution in [2.24, 2.45) is 5.73 Å². The number of halogens is 2. The van der Waals surface area contributed by atoms with E-state index in [1.54, 1.807) is 43.3 Å². The summed E-state index contributed by atoms with van der Waals surface area (Å²) in [6.45, 7) is 2.70. The van der Waals surface area contributed by atoms with E-state index in [-0.39, 0.29) is 12.5 Å². The largest absolute Gasteiger partial charge is 0.378 e. The molecule has 1 saturated heterocycles. The summed E-state index contributed by atoms with van der Waals surface area (Å²) >= 11 is 12.0. The van der Waals surface area contributed by atoms with E-state index in [4.69, 9.17) is 28.9 Å². The molecule has 0 radical (unpaired) electrons. The van der Waals surface area contributed by atoms with E-state index < -0.39 is 17.6 Å². The zero-order valence-electron chi connectivity index (χ0n) is 16.7. The zero-order valence-corrected chi connectivity index (χ0v) is 18.2. The third-order valence-corrected chi connectivity index (χ3v) is 6.09. The zero-order chi connectivity index (χ0) is 21.9. The molecule has 2 aromatic carbocycles. The molecule has 3 rings (SSSR count). The molecule has 2 atom stereocenters. The number of amides is 2. The van der Waals surface area contributed by atoms with Crippen molar-refractivity contribution in [1.29, 1.82) is 0 Å². The third-order valence-electron chi connectivity index (χ3n) is 5.62. The fourth-order valence-electron chi connectivity index (χ4n) is 3.84. The van der Waals surface area contributed by atoms with Gasteiger partial charge in [0, 0.05) is 29.7 Å². The van der Waals surface area contributed by atoms with Crippen LogP contribution in [0.5, 0.6) is 0 Å². The number of nitrogens with two attached hydrogens (primary N) is 1. The molecule has 8 heteroatoms. The van der Waals surface area contributed by atoms with E-state index in [9.17, 15) is 14.7 Å². The van der Waals surface area contributed by atoms with Gasteiger partial charge < -0.3 is 21.1 Å². The molecule has 1 heterocycles.